The lowest BCUT2D eigenvalue weighted by molar-refractivity contribution is -0.110. The number of ether oxygens (including phenoxy) is 1. The van der Waals surface area contributed by atoms with Crippen LogP contribution in [0.2, 0.25) is 0 Å². The molecule has 13 heavy (non-hydrogen) atoms. The summed E-state index contributed by atoms with van der Waals surface area (Å²) in [4.78, 5) is 10.3. The molecule has 0 bridgehead atoms. The third kappa shape index (κ3) is 5.04. The van der Waals surface area contributed by atoms with Gasteiger partial charge in [-0.15, -0.1) is 0 Å². The van der Waals surface area contributed by atoms with E-state index >= 15 is 0 Å². The second-order valence-corrected chi connectivity index (χ2v) is 3.86. The zero-order valence-electron chi connectivity index (χ0n) is 9.25. The highest BCUT2D eigenvalue weighted by Crippen LogP contribution is 2.21. The van der Waals surface area contributed by atoms with Crippen molar-refractivity contribution < 1.29 is 9.53 Å². The van der Waals surface area contributed by atoms with E-state index in [4.69, 9.17) is 4.74 Å². The average Bonchev–Trinajstić information content (AvgIpc) is 2.15. The van der Waals surface area contributed by atoms with Gasteiger partial charge < -0.3 is 9.53 Å². The van der Waals surface area contributed by atoms with Crippen LogP contribution in [-0.2, 0) is 9.53 Å². The standard InChI is InChI=1S/C11H22O2/c1-5-9(2)10(3)8-11(13-4)6-7-12/h7,9-11H,5-6,8H2,1-4H3. The number of hydrogen-bond donors (Lipinski definition) is 0. The zero-order chi connectivity index (χ0) is 10.3. The number of carbonyl (C=O) groups excluding carboxylic acids is 1. The van der Waals surface area contributed by atoms with Gasteiger partial charge in [0.05, 0.1) is 6.10 Å². The van der Waals surface area contributed by atoms with Crippen LogP contribution < -0.4 is 0 Å². The molecule has 0 fully saturated rings. The number of hydrogen-bond acceptors (Lipinski definition) is 2. The summed E-state index contributed by atoms with van der Waals surface area (Å²) >= 11 is 0. The van der Waals surface area contributed by atoms with Gasteiger partial charge in [0.15, 0.2) is 0 Å². The summed E-state index contributed by atoms with van der Waals surface area (Å²) in [6.07, 6.45) is 3.76. The number of methoxy groups -OCH3 is 1. The quantitative estimate of drug-likeness (QED) is 0.571. The predicted molar refractivity (Wildman–Crippen MR) is 54.7 cm³/mol. The SMILES string of the molecule is CCC(C)C(C)CC(CC=O)OC. The highest BCUT2D eigenvalue weighted by molar-refractivity contribution is 5.50. The van der Waals surface area contributed by atoms with Crippen molar-refractivity contribution in [3.63, 3.8) is 0 Å². The maximum absolute atomic E-state index is 10.3. The molecule has 0 saturated carbocycles. The highest BCUT2D eigenvalue weighted by Gasteiger charge is 2.16. The van der Waals surface area contributed by atoms with Gasteiger partial charge in [0.25, 0.3) is 0 Å². The molecule has 0 aromatic heterocycles. The van der Waals surface area contributed by atoms with E-state index in [1.165, 1.54) is 6.42 Å². The largest absolute Gasteiger partial charge is 0.381 e. The van der Waals surface area contributed by atoms with Crippen LogP contribution in [0.25, 0.3) is 0 Å². The fourth-order valence-corrected chi connectivity index (χ4v) is 1.45. The minimum atomic E-state index is 0.112. The first-order valence-corrected chi connectivity index (χ1v) is 5.12. The normalized spacial score (nSPS) is 17.8. The minimum Gasteiger partial charge on any atom is -0.381 e. The van der Waals surface area contributed by atoms with E-state index in [0.29, 0.717) is 18.3 Å². The number of carbonyl (C=O) groups is 1. The van der Waals surface area contributed by atoms with Gasteiger partial charge in [-0.2, -0.15) is 0 Å². The molecule has 0 rings (SSSR count). The first-order valence-electron chi connectivity index (χ1n) is 5.12. The van der Waals surface area contributed by atoms with Gasteiger partial charge in [-0.05, 0) is 18.3 Å². The van der Waals surface area contributed by atoms with Crippen molar-refractivity contribution in [1.29, 1.82) is 0 Å². The number of aldehydes is 1. The molecule has 0 aliphatic rings. The monoisotopic (exact) mass is 186 g/mol. The van der Waals surface area contributed by atoms with E-state index in [1.807, 2.05) is 0 Å². The van der Waals surface area contributed by atoms with Crippen LogP contribution in [-0.4, -0.2) is 19.5 Å². The van der Waals surface area contributed by atoms with E-state index in [2.05, 4.69) is 20.8 Å². The van der Waals surface area contributed by atoms with Crippen LogP contribution >= 0.6 is 0 Å². The van der Waals surface area contributed by atoms with Crippen LogP contribution in [0.5, 0.6) is 0 Å². The summed E-state index contributed by atoms with van der Waals surface area (Å²) in [5.74, 6) is 1.35. The summed E-state index contributed by atoms with van der Waals surface area (Å²) in [7, 11) is 1.68. The van der Waals surface area contributed by atoms with Crippen LogP contribution in [0.4, 0.5) is 0 Å². The Morgan fingerprint density at radius 2 is 1.92 bits per heavy atom. The molecule has 0 amide bonds. The first-order chi connectivity index (χ1) is 6.15. The van der Waals surface area contributed by atoms with Crippen molar-refractivity contribution >= 4 is 6.29 Å². The lowest BCUT2D eigenvalue weighted by atomic mass is 9.88. The maximum Gasteiger partial charge on any atom is 0.122 e. The van der Waals surface area contributed by atoms with Gasteiger partial charge in [0.2, 0.25) is 0 Å². The molecule has 0 aliphatic heterocycles. The molecule has 0 spiro atoms. The smallest absolute Gasteiger partial charge is 0.122 e. The Balaban J connectivity index is 3.84. The van der Waals surface area contributed by atoms with E-state index in [9.17, 15) is 4.79 Å². The Hall–Kier alpha value is -0.370. The summed E-state index contributed by atoms with van der Waals surface area (Å²) < 4.78 is 5.22. The summed E-state index contributed by atoms with van der Waals surface area (Å²) in [5, 5.41) is 0. The Morgan fingerprint density at radius 3 is 2.31 bits per heavy atom. The molecular weight excluding hydrogens is 164 g/mol. The summed E-state index contributed by atoms with van der Waals surface area (Å²) in [5.41, 5.74) is 0. The van der Waals surface area contributed by atoms with Crippen molar-refractivity contribution in [1.82, 2.24) is 0 Å². The molecule has 0 aromatic rings. The van der Waals surface area contributed by atoms with Crippen LogP contribution in [0.15, 0.2) is 0 Å². The van der Waals surface area contributed by atoms with Crippen LogP contribution in [0, 0.1) is 11.8 Å². The summed E-state index contributed by atoms with van der Waals surface area (Å²) in [6.45, 7) is 6.67. The predicted octanol–water partition coefficient (Wildman–Crippen LogP) is 2.66. The Bertz CT molecular complexity index is 134. The molecule has 3 unspecified atom stereocenters. The van der Waals surface area contributed by atoms with Crippen molar-refractivity contribution in [2.75, 3.05) is 7.11 Å². The first kappa shape index (κ1) is 12.6. The van der Waals surface area contributed by atoms with Crippen molar-refractivity contribution in [2.24, 2.45) is 11.8 Å². The van der Waals surface area contributed by atoms with Gasteiger partial charge in [-0.1, -0.05) is 27.2 Å². The van der Waals surface area contributed by atoms with E-state index < -0.39 is 0 Å². The molecule has 2 heteroatoms. The number of rotatable bonds is 7. The molecule has 78 valence electrons. The lowest BCUT2D eigenvalue weighted by Gasteiger charge is -2.22. The Morgan fingerprint density at radius 1 is 1.31 bits per heavy atom. The zero-order valence-corrected chi connectivity index (χ0v) is 9.25. The van der Waals surface area contributed by atoms with Crippen molar-refractivity contribution in [3.05, 3.63) is 0 Å². The van der Waals surface area contributed by atoms with Crippen LogP contribution in [0.3, 0.4) is 0 Å². The molecule has 3 atom stereocenters. The molecule has 0 saturated heterocycles. The second kappa shape index (κ2) is 7.07. The Kier molecular flexibility index (Phi) is 6.87. The topological polar surface area (TPSA) is 26.3 Å². The van der Waals surface area contributed by atoms with Crippen molar-refractivity contribution in [3.8, 4) is 0 Å². The average molecular weight is 186 g/mol. The molecule has 2 nitrogen and oxygen atoms in total. The minimum absolute atomic E-state index is 0.112. The lowest BCUT2D eigenvalue weighted by Crippen LogP contribution is -2.19. The molecule has 0 aromatic carbocycles. The van der Waals surface area contributed by atoms with E-state index in [1.54, 1.807) is 7.11 Å². The second-order valence-electron chi connectivity index (χ2n) is 3.86. The van der Waals surface area contributed by atoms with E-state index in [0.717, 1.165) is 12.7 Å². The molecule has 0 aliphatic carbocycles. The molecule has 0 N–H and O–H groups in total. The van der Waals surface area contributed by atoms with E-state index in [-0.39, 0.29) is 6.10 Å². The molecule has 0 radical (unpaired) electrons. The van der Waals surface area contributed by atoms with Gasteiger partial charge in [0.1, 0.15) is 6.29 Å². The van der Waals surface area contributed by atoms with Gasteiger partial charge in [-0.3, -0.25) is 0 Å². The fourth-order valence-electron chi connectivity index (χ4n) is 1.45. The van der Waals surface area contributed by atoms with Gasteiger partial charge in [0, 0.05) is 13.5 Å². The Labute approximate surface area is 81.7 Å². The van der Waals surface area contributed by atoms with Crippen LogP contribution in [0.1, 0.15) is 40.0 Å². The van der Waals surface area contributed by atoms with Crippen molar-refractivity contribution in [2.45, 2.75) is 46.1 Å². The third-order valence-corrected chi connectivity index (χ3v) is 2.94. The summed E-state index contributed by atoms with van der Waals surface area (Å²) in [6, 6.07) is 0. The molecular formula is C11H22O2. The maximum atomic E-state index is 10.3. The highest BCUT2D eigenvalue weighted by atomic mass is 16.5. The van der Waals surface area contributed by atoms with Gasteiger partial charge in [-0.25, -0.2) is 0 Å². The van der Waals surface area contributed by atoms with Gasteiger partial charge >= 0.3 is 0 Å². The third-order valence-electron chi connectivity index (χ3n) is 2.94. The molecule has 0 heterocycles. The fraction of sp³-hybridized carbons (Fsp3) is 0.909.